The fraction of sp³-hybridized carbons (Fsp3) is 0.154. The fourth-order valence-electron chi connectivity index (χ4n) is 3.73. The van der Waals surface area contributed by atoms with Gasteiger partial charge in [-0.05, 0) is 56.1 Å². The number of nitrogens with zero attached hydrogens (tertiary/aromatic N) is 3. The molecule has 3 aromatic rings. The number of aromatic nitrogens is 1. The highest BCUT2D eigenvalue weighted by molar-refractivity contribution is 6.37. The Kier molecular flexibility index (Phi) is 6.61. The molecule has 0 spiro atoms. The van der Waals surface area contributed by atoms with Crippen molar-refractivity contribution in [2.75, 3.05) is 43.2 Å². The molecule has 0 aliphatic carbocycles. The molecule has 3 N–H and O–H groups in total. The molecule has 1 aromatic heterocycles. The predicted octanol–water partition coefficient (Wildman–Crippen LogP) is 3.24. The number of hydrogen-bond acceptors (Lipinski definition) is 6. The molecule has 0 unspecified atom stereocenters. The monoisotopic (exact) mass is 471 g/mol. The Morgan fingerprint density at radius 2 is 1.66 bits per heavy atom. The van der Waals surface area contributed by atoms with Crippen molar-refractivity contribution in [1.82, 2.24) is 9.88 Å². The summed E-state index contributed by atoms with van der Waals surface area (Å²) in [7, 11) is 5.41. The number of aromatic carboxylic acids is 1. The van der Waals surface area contributed by atoms with Crippen molar-refractivity contribution in [3.63, 3.8) is 0 Å². The Labute approximate surface area is 202 Å². The number of fused-ring (bicyclic) bond motifs is 1. The lowest BCUT2D eigenvalue weighted by molar-refractivity contribution is -0.119. The van der Waals surface area contributed by atoms with Gasteiger partial charge >= 0.3 is 5.97 Å². The van der Waals surface area contributed by atoms with E-state index in [2.05, 4.69) is 15.6 Å². The van der Waals surface area contributed by atoms with Crippen LogP contribution in [-0.2, 0) is 9.59 Å². The zero-order valence-electron chi connectivity index (χ0n) is 19.6. The molecule has 0 saturated heterocycles. The van der Waals surface area contributed by atoms with Gasteiger partial charge in [0.15, 0.2) is 5.69 Å². The average Bonchev–Trinajstić information content (AvgIpc) is 3.17. The van der Waals surface area contributed by atoms with Crippen molar-refractivity contribution in [3.8, 4) is 0 Å². The van der Waals surface area contributed by atoms with Gasteiger partial charge in [0.1, 0.15) is 5.82 Å². The topological polar surface area (TPSA) is 115 Å². The second kappa shape index (κ2) is 9.78. The van der Waals surface area contributed by atoms with Gasteiger partial charge < -0.3 is 25.5 Å². The summed E-state index contributed by atoms with van der Waals surface area (Å²) in [6, 6.07) is 19.6. The third-order valence-corrected chi connectivity index (χ3v) is 5.50. The Morgan fingerprint density at radius 1 is 0.971 bits per heavy atom. The van der Waals surface area contributed by atoms with Crippen LogP contribution in [0.25, 0.3) is 11.3 Å². The van der Waals surface area contributed by atoms with Crippen molar-refractivity contribution in [1.29, 1.82) is 0 Å². The second-order valence-corrected chi connectivity index (χ2v) is 8.33. The van der Waals surface area contributed by atoms with E-state index in [4.69, 9.17) is 0 Å². The highest BCUT2D eigenvalue weighted by Gasteiger charge is 2.30. The van der Waals surface area contributed by atoms with E-state index in [-0.39, 0.29) is 23.3 Å². The number of nitrogens with one attached hydrogen (secondary N) is 2. The maximum Gasteiger partial charge on any atom is 0.354 e. The van der Waals surface area contributed by atoms with Crippen LogP contribution in [0.15, 0.2) is 66.7 Å². The highest BCUT2D eigenvalue weighted by Crippen LogP contribution is 2.36. The van der Waals surface area contributed by atoms with Gasteiger partial charge in [-0.2, -0.15) is 0 Å². The van der Waals surface area contributed by atoms with Crippen LogP contribution in [0.1, 0.15) is 21.6 Å². The van der Waals surface area contributed by atoms with Crippen LogP contribution < -0.4 is 15.5 Å². The second-order valence-electron chi connectivity index (χ2n) is 8.33. The van der Waals surface area contributed by atoms with E-state index < -0.39 is 5.97 Å². The molecule has 9 heteroatoms. The number of likely N-dealkylation sites (N-methyl/N-ethyl adjacent to an activating group) is 2. The zero-order chi connectivity index (χ0) is 25.1. The summed E-state index contributed by atoms with van der Waals surface area (Å²) in [5, 5.41) is 15.2. The molecule has 35 heavy (non-hydrogen) atoms. The van der Waals surface area contributed by atoms with Gasteiger partial charge in [0, 0.05) is 24.0 Å². The maximum absolute atomic E-state index is 13.0. The molecule has 1 aliphatic rings. The van der Waals surface area contributed by atoms with Crippen LogP contribution in [0.5, 0.6) is 0 Å². The number of hydrogen-bond donors (Lipinski definition) is 3. The van der Waals surface area contributed by atoms with Crippen LogP contribution >= 0.6 is 0 Å². The molecule has 178 valence electrons. The minimum atomic E-state index is -1.17. The highest BCUT2D eigenvalue weighted by atomic mass is 16.4. The van der Waals surface area contributed by atoms with E-state index in [1.54, 1.807) is 18.0 Å². The number of amides is 2. The summed E-state index contributed by atoms with van der Waals surface area (Å²) < 4.78 is 0. The molecule has 0 radical (unpaired) electrons. The molecule has 0 fully saturated rings. The Morgan fingerprint density at radius 3 is 2.29 bits per heavy atom. The minimum Gasteiger partial charge on any atom is -0.477 e. The molecule has 4 rings (SSSR count). The Balaban J connectivity index is 1.71. The van der Waals surface area contributed by atoms with E-state index in [9.17, 15) is 19.5 Å². The van der Waals surface area contributed by atoms with Gasteiger partial charge in [0.05, 0.1) is 17.8 Å². The zero-order valence-corrected chi connectivity index (χ0v) is 19.6. The molecule has 2 aromatic carbocycles. The Hall–Kier alpha value is -4.50. The lowest BCUT2D eigenvalue weighted by atomic mass is 10.0. The normalized spacial score (nSPS) is 13.8. The fourth-order valence-corrected chi connectivity index (χ4v) is 3.73. The third kappa shape index (κ3) is 5.04. The van der Waals surface area contributed by atoms with Crippen LogP contribution in [0.3, 0.4) is 0 Å². The van der Waals surface area contributed by atoms with E-state index >= 15 is 0 Å². The van der Waals surface area contributed by atoms with Crippen LogP contribution in [-0.4, -0.2) is 60.5 Å². The van der Waals surface area contributed by atoms with Crippen LogP contribution in [0.2, 0.25) is 0 Å². The molecule has 0 saturated carbocycles. The van der Waals surface area contributed by atoms with Crippen molar-refractivity contribution in [3.05, 3.63) is 83.6 Å². The first-order chi connectivity index (χ1) is 16.7. The van der Waals surface area contributed by atoms with Crippen LogP contribution in [0, 0.1) is 0 Å². The smallest absolute Gasteiger partial charge is 0.354 e. The largest absolute Gasteiger partial charge is 0.477 e. The first-order valence-corrected chi connectivity index (χ1v) is 10.9. The van der Waals surface area contributed by atoms with E-state index in [1.807, 2.05) is 73.6 Å². The number of carbonyl (C=O) groups is 3. The maximum atomic E-state index is 13.0. The summed E-state index contributed by atoms with van der Waals surface area (Å²) in [6.07, 6.45) is 0. The number of pyridine rings is 1. The lowest BCUT2D eigenvalue weighted by Gasteiger charge is -2.20. The minimum absolute atomic E-state index is 0.0322. The van der Waals surface area contributed by atoms with Gasteiger partial charge in [0.25, 0.3) is 5.91 Å². The standard InChI is InChI=1S/C26H25N5O4/c1-30(2)15-21(32)31(3)18-11-9-17(10-12-18)27-23(16-7-5-4-6-8-16)22-19-13-14-20(26(34)35)28-24(19)29-25(22)33/h4-14,27H,15H2,1-3H3,(H,34,35)(H,28,29,33)/b23-22-. The average molecular weight is 472 g/mol. The SMILES string of the molecule is CN(C)CC(=O)N(C)c1ccc(N/C(=C2\C(=O)Nc3nc(C(=O)O)ccc32)c2ccccc2)cc1. The quantitative estimate of drug-likeness (QED) is 0.453. The summed E-state index contributed by atoms with van der Waals surface area (Å²) in [4.78, 5) is 44.1. The summed E-state index contributed by atoms with van der Waals surface area (Å²) >= 11 is 0. The first-order valence-electron chi connectivity index (χ1n) is 10.9. The van der Waals surface area contributed by atoms with Crippen molar-refractivity contribution < 1.29 is 19.5 Å². The van der Waals surface area contributed by atoms with E-state index in [0.717, 1.165) is 11.3 Å². The number of carbonyl (C=O) groups excluding carboxylic acids is 2. The van der Waals surface area contributed by atoms with E-state index in [1.165, 1.54) is 6.07 Å². The Bertz CT molecular complexity index is 1320. The number of rotatable bonds is 7. The van der Waals surface area contributed by atoms with Crippen molar-refractivity contribution in [2.24, 2.45) is 0 Å². The molecular formula is C26H25N5O4. The number of benzene rings is 2. The van der Waals surface area contributed by atoms with Crippen molar-refractivity contribution in [2.45, 2.75) is 0 Å². The van der Waals surface area contributed by atoms with Gasteiger partial charge in [-0.1, -0.05) is 30.3 Å². The summed E-state index contributed by atoms with van der Waals surface area (Å²) in [5.74, 6) is -1.38. The molecule has 0 bridgehead atoms. The number of anilines is 3. The van der Waals surface area contributed by atoms with Gasteiger partial charge in [-0.15, -0.1) is 0 Å². The van der Waals surface area contributed by atoms with Gasteiger partial charge in [0.2, 0.25) is 5.91 Å². The van der Waals surface area contributed by atoms with Crippen LogP contribution in [0.4, 0.5) is 17.2 Å². The third-order valence-electron chi connectivity index (χ3n) is 5.50. The summed E-state index contributed by atoms with van der Waals surface area (Å²) in [6.45, 7) is 0.299. The number of carboxylic acid groups (broad SMARTS) is 1. The molecule has 2 amide bonds. The molecule has 2 heterocycles. The number of carboxylic acids is 1. The molecule has 9 nitrogen and oxygen atoms in total. The first kappa shape index (κ1) is 23.7. The van der Waals surface area contributed by atoms with Gasteiger partial charge in [-0.3, -0.25) is 9.59 Å². The van der Waals surface area contributed by atoms with Crippen molar-refractivity contribution >= 4 is 46.2 Å². The van der Waals surface area contributed by atoms with E-state index in [0.29, 0.717) is 29.1 Å². The molecule has 1 aliphatic heterocycles. The molecule has 0 atom stereocenters. The summed E-state index contributed by atoms with van der Waals surface area (Å²) in [5.41, 5.74) is 3.50. The molecular weight excluding hydrogens is 446 g/mol. The van der Waals surface area contributed by atoms with Gasteiger partial charge in [-0.25, -0.2) is 9.78 Å². The predicted molar refractivity (Wildman–Crippen MR) is 135 cm³/mol. The lowest BCUT2D eigenvalue weighted by Crippen LogP contribution is -2.34.